The van der Waals surface area contributed by atoms with Gasteiger partial charge >= 0.3 is 12.2 Å². The molecule has 2 N–H and O–H groups in total. The third kappa shape index (κ3) is 3.77. The summed E-state index contributed by atoms with van der Waals surface area (Å²) < 4.78 is 39.5. The highest BCUT2D eigenvalue weighted by atomic mass is 19.4. The normalized spacial score (nSPS) is 22.7. The first kappa shape index (κ1) is 18.9. The number of halogens is 3. The molecule has 1 saturated carbocycles. The molecular formula is C17H15F3N6O3. The second-order valence-corrected chi connectivity index (χ2v) is 6.89. The molecule has 4 rings (SSSR count). The molecule has 9 nitrogen and oxygen atoms in total. The number of pyridine rings is 2. The molecule has 0 radical (unpaired) electrons. The van der Waals surface area contributed by atoms with Gasteiger partial charge in [0.25, 0.3) is 5.69 Å². The van der Waals surface area contributed by atoms with Crippen LogP contribution >= 0.6 is 0 Å². The first-order chi connectivity index (χ1) is 13.7. The van der Waals surface area contributed by atoms with E-state index in [4.69, 9.17) is 0 Å². The number of piperidine rings is 1. The summed E-state index contributed by atoms with van der Waals surface area (Å²) in [6, 6.07) is 4.12. The van der Waals surface area contributed by atoms with Gasteiger partial charge in [0.2, 0.25) is 0 Å². The molecular weight excluding hydrogens is 393 g/mol. The lowest BCUT2D eigenvalue weighted by Gasteiger charge is -2.24. The van der Waals surface area contributed by atoms with E-state index in [1.54, 1.807) is 4.90 Å². The van der Waals surface area contributed by atoms with E-state index in [2.05, 4.69) is 20.6 Å². The lowest BCUT2D eigenvalue weighted by Crippen LogP contribution is -2.37. The molecule has 1 aliphatic heterocycles. The Hall–Kier alpha value is -3.44. The molecule has 29 heavy (non-hydrogen) atoms. The Morgan fingerprint density at radius 2 is 1.93 bits per heavy atom. The minimum absolute atomic E-state index is 0.0358. The Kier molecular flexibility index (Phi) is 4.47. The van der Waals surface area contributed by atoms with Crippen LogP contribution in [0.2, 0.25) is 0 Å². The van der Waals surface area contributed by atoms with Crippen LogP contribution in [0.15, 0.2) is 36.7 Å². The van der Waals surface area contributed by atoms with Gasteiger partial charge in [0.05, 0.1) is 10.5 Å². The quantitative estimate of drug-likeness (QED) is 0.594. The lowest BCUT2D eigenvalue weighted by molar-refractivity contribution is -0.385. The SMILES string of the molecule is O=C(Nc1ccc([N+](=O)[O-])cn1)N[C@H]1[C@@H]2CN(c3ncccc3C(F)(F)F)C[C@@H]21. The van der Waals surface area contributed by atoms with Gasteiger partial charge in [-0.3, -0.25) is 15.4 Å². The summed E-state index contributed by atoms with van der Waals surface area (Å²) in [6.45, 7) is 0.733. The number of hydrogen-bond acceptors (Lipinski definition) is 6. The second kappa shape index (κ2) is 6.87. The van der Waals surface area contributed by atoms with Gasteiger partial charge in [-0.1, -0.05) is 0 Å². The maximum absolute atomic E-state index is 13.2. The molecule has 0 unspecified atom stereocenters. The zero-order valence-electron chi connectivity index (χ0n) is 14.8. The third-order valence-electron chi connectivity index (χ3n) is 5.08. The highest BCUT2D eigenvalue weighted by Gasteiger charge is 2.57. The van der Waals surface area contributed by atoms with E-state index in [-0.39, 0.29) is 35.2 Å². The summed E-state index contributed by atoms with van der Waals surface area (Å²) >= 11 is 0. The number of fused-ring (bicyclic) bond motifs is 1. The molecule has 152 valence electrons. The Morgan fingerprint density at radius 3 is 2.52 bits per heavy atom. The van der Waals surface area contributed by atoms with Crippen molar-refractivity contribution in [3.63, 3.8) is 0 Å². The van der Waals surface area contributed by atoms with Crippen LogP contribution in [0.25, 0.3) is 0 Å². The fourth-order valence-electron chi connectivity index (χ4n) is 3.66. The van der Waals surface area contributed by atoms with Crippen LogP contribution in [0.4, 0.5) is 35.3 Å². The fourth-order valence-corrected chi connectivity index (χ4v) is 3.66. The van der Waals surface area contributed by atoms with Crippen molar-refractivity contribution in [3.05, 3.63) is 52.3 Å². The third-order valence-corrected chi connectivity index (χ3v) is 5.08. The van der Waals surface area contributed by atoms with Crippen LogP contribution in [-0.4, -0.2) is 40.1 Å². The van der Waals surface area contributed by atoms with Crippen molar-refractivity contribution in [2.75, 3.05) is 23.3 Å². The smallest absolute Gasteiger partial charge is 0.355 e. The molecule has 0 bridgehead atoms. The summed E-state index contributed by atoms with van der Waals surface area (Å²) in [4.78, 5) is 31.4. The lowest BCUT2D eigenvalue weighted by atomic mass is 10.2. The summed E-state index contributed by atoms with van der Waals surface area (Å²) in [6.07, 6.45) is -2.12. The van der Waals surface area contributed by atoms with E-state index in [9.17, 15) is 28.1 Å². The predicted molar refractivity (Wildman–Crippen MR) is 95.3 cm³/mol. The van der Waals surface area contributed by atoms with E-state index in [0.29, 0.717) is 13.1 Å². The first-order valence-electron chi connectivity index (χ1n) is 8.69. The summed E-state index contributed by atoms with van der Waals surface area (Å²) in [5.41, 5.74) is -0.965. The number of amides is 2. The molecule has 1 saturated heterocycles. The van der Waals surface area contributed by atoms with Gasteiger partial charge in [-0.05, 0) is 18.2 Å². The Bertz CT molecular complexity index is 940. The first-order valence-corrected chi connectivity index (χ1v) is 8.69. The molecule has 2 aliphatic rings. The molecule has 2 aromatic rings. The van der Waals surface area contributed by atoms with Gasteiger partial charge in [-0.15, -0.1) is 0 Å². The van der Waals surface area contributed by atoms with Crippen LogP contribution in [0.5, 0.6) is 0 Å². The van der Waals surface area contributed by atoms with E-state index in [1.807, 2.05) is 0 Å². The number of aromatic nitrogens is 2. The summed E-state index contributed by atoms with van der Waals surface area (Å²) in [5, 5.41) is 15.8. The maximum Gasteiger partial charge on any atom is 0.419 e. The minimum Gasteiger partial charge on any atom is -0.355 e. The van der Waals surface area contributed by atoms with Gasteiger partial charge in [0.15, 0.2) is 0 Å². The average molecular weight is 408 g/mol. The van der Waals surface area contributed by atoms with Crippen LogP contribution in [0.3, 0.4) is 0 Å². The minimum atomic E-state index is -4.48. The second-order valence-electron chi connectivity index (χ2n) is 6.89. The Labute approximate surface area is 162 Å². The molecule has 0 spiro atoms. The van der Waals surface area contributed by atoms with Crippen molar-refractivity contribution in [2.45, 2.75) is 12.2 Å². The van der Waals surface area contributed by atoms with Crippen molar-refractivity contribution < 1.29 is 22.9 Å². The van der Waals surface area contributed by atoms with E-state index in [0.717, 1.165) is 12.3 Å². The zero-order chi connectivity index (χ0) is 20.8. The molecule has 2 aromatic heterocycles. The number of anilines is 2. The maximum atomic E-state index is 13.2. The van der Waals surface area contributed by atoms with E-state index >= 15 is 0 Å². The van der Waals surface area contributed by atoms with Gasteiger partial charge < -0.3 is 10.2 Å². The van der Waals surface area contributed by atoms with Gasteiger partial charge in [-0.25, -0.2) is 14.8 Å². The zero-order valence-corrected chi connectivity index (χ0v) is 14.8. The summed E-state index contributed by atoms with van der Waals surface area (Å²) in [5.74, 6) is 0.136. The van der Waals surface area contributed by atoms with Crippen molar-refractivity contribution in [1.29, 1.82) is 0 Å². The number of carbonyl (C=O) groups is 1. The molecule has 1 aliphatic carbocycles. The van der Waals surface area contributed by atoms with Crippen LogP contribution < -0.4 is 15.5 Å². The van der Waals surface area contributed by atoms with E-state index < -0.39 is 22.7 Å². The molecule has 3 heterocycles. The topological polar surface area (TPSA) is 113 Å². The molecule has 0 aromatic carbocycles. The van der Waals surface area contributed by atoms with Crippen LogP contribution in [0.1, 0.15) is 5.56 Å². The summed E-state index contributed by atoms with van der Waals surface area (Å²) in [7, 11) is 0. The number of nitrogens with zero attached hydrogens (tertiary/aromatic N) is 4. The van der Waals surface area contributed by atoms with E-state index in [1.165, 1.54) is 24.4 Å². The van der Waals surface area contributed by atoms with Gasteiger partial charge in [0.1, 0.15) is 17.8 Å². The van der Waals surface area contributed by atoms with Crippen molar-refractivity contribution >= 4 is 23.4 Å². The Morgan fingerprint density at radius 1 is 1.21 bits per heavy atom. The standard InChI is InChI=1S/C17H15F3N6O3/c18-17(19,20)12-2-1-5-21-15(12)25-7-10-11(8-25)14(10)24-16(27)23-13-4-3-9(6-22-13)26(28)29/h1-6,10-11,14H,7-8H2,(H2,22,23,24,27)/t10-,11+,14+. The number of rotatable bonds is 4. The number of nitrogens with one attached hydrogen (secondary N) is 2. The molecule has 12 heteroatoms. The van der Waals surface area contributed by atoms with Crippen molar-refractivity contribution in [2.24, 2.45) is 11.8 Å². The van der Waals surface area contributed by atoms with Gasteiger partial charge in [-0.2, -0.15) is 13.2 Å². The molecule has 2 fully saturated rings. The monoisotopic (exact) mass is 408 g/mol. The largest absolute Gasteiger partial charge is 0.419 e. The van der Waals surface area contributed by atoms with Crippen LogP contribution in [-0.2, 0) is 6.18 Å². The predicted octanol–water partition coefficient (Wildman–Crippen LogP) is 2.66. The number of alkyl halides is 3. The molecule has 3 atom stereocenters. The number of urea groups is 1. The highest BCUT2D eigenvalue weighted by molar-refractivity contribution is 5.88. The average Bonchev–Trinajstić information content (AvgIpc) is 3.10. The van der Waals surface area contributed by atoms with Crippen molar-refractivity contribution in [1.82, 2.24) is 15.3 Å². The van der Waals surface area contributed by atoms with Crippen molar-refractivity contribution in [3.8, 4) is 0 Å². The van der Waals surface area contributed by atoms with Gasteiger partial charge in [0, 0.05) is 43.2 Å². The highest BCUT2D eigenvalue weighted by Crippen LogP contribution is 2.48. The number of nitro groups is 1. The number of carbonyl (C=O) groups excluding carboxylic acids is 1. The Balaban J connectivity index is 1.32. The molecule has 2 amide bonds. The fraction of sp³-hybridized carbons (Fsp3) is 0.353. The number of hydrogen-bond donors (Lipinski definition) is 2. The van der Waals surface area contributed by atoms with Crippen LogP contribution in [0, 0.1) is 22.0 Å².